The van der Waals surface area contributed by atoms with E-state index in [9.17, 15) is 0 Å². The monoisotopic (exact) mass is 226 g/mol. The van der Waals surface area contributed by atoms with Crippen molar-refractivity contribution in [2.45, 2.75) is 12.5 Å². The molecule has 1 atom stereocenters. The van der Waals surface area contributed by atoms with Gasteiger partial charge in [0.15, 0.2) is 0 Å². The van der Waals surface area contributed by atoms with Crippen LogP contribution in [0, 0.1) is 11.3 Å². The van der Waals surface area contributed by atoms with Crippen LogP contribution in [-0.2, 0) is 0 Å². The van der Waals surface area contributed by atoms with Crippen LogP contribution in [0.3, 0.4) is 0 Å². The van der Waals surface area contributed by atoms with E-state index >= 15 is 0 Å². The molecular weight excluding hydrogens is 212 g/mol. The maximum absolute atomic E-state index is 8.83. The van der Waals surface area contributed by atoms with E-state index in [0.29, 0.717) is 0 Å². The molecule has 0 aliphatic heterocycles. The van der Waals surface area contributed by atoms with Gasteiger partial charge in [-0.15, -0.1) is 0 Å². The summed E-state index contributed by atoms with van der Waals surface area (Å²) in [5, 5.41) is 11.0. The van der Waals surface area contributed by atoms with Gasteiger partial charge in [0, 0.05) is 5.39 Å². The highest BCUT2D eigenvalue weighted by molar-refractivity contribution is 5.88. The summed E-state index contributed by atoms with van der Waals surface area (Å²) in [7, 11) is 0. The Morgan fingerprint density at radius 3 is 2.71 bits per heavy atom. The number of hydrogen-bond donors (Lipinski definition) is 1. The summed E-state index contributed by atoms with van der Waals surface area (Å²) in [5.41, 5.74) is 4.76. The second kappa shape index (κ2) is 4.44. The average molecular weight is 226 g/mol. The minimum atomic E-state index is -0.961. The van der Waals surface area contributed by atoms with Crippen molar-refractivity contribution in [1.82, 2.24) is 0 Å². The molecule has 0 aliphatic carbocycles. The molecule has 0 aromatic heterocycles. The van der Waals surface area contributed by atoms with Crippen LogP contribution in [0.2, 0.25) is 0 Å². The Morgan fingerprint density at radius 1 is 1.24 bits per heavy atom. The third-order valence-corrected chi connectivity index (χ3v) is 2.53. The van der Waals surface area contributed by atoms with Crippen molar-refractivity contribution in [2.75, 3.05) is 6.61 Å². The highest BCUT2D eigenvalue weighted by Crippen LogP contribution is 2.25. The maximum Gasteiger partial charge on any atom is 0.135 e. The number of nitrogens with zero attached hydrogens (tertiary/aromatic N) is 1. The van der Waals surface area contributed by atoms with E-state index < -0.39 is 5.54 Å². The third-order valence-electron chi connectivity index (χ3n) is 2.53. The lowest BCUT2D eigenvalue weighted by Gasteiger charge is -2.17. The van der Waals surface area contributed by atoms with Gasteiger partial charge in [-0.3, -0.25) is 0 Å². The van der Waals surface area contributed by atoms with Crippen molar-refractivity contribution in [1.29, 1.82) is 5.26 Å². The molecule has 2 aromatic carbocycles. The summed E-state index contributed by atoms with van der Waals surface area (Å²) in [4.78, 5) is 0. The Balaban J connectivity index is 2.28. The Labute approximate surface area is 100 Å². The van der Waals surface area contributed by atoms with Gasteiger partial charge in [-0.25, -0.2) is 0 Å². The molecule has 2 N–H and O–H groups in total. The first-order valence-electron chi connectivity index (χ1n) is 5.43. The fourth-order valence-corrected chi connectivity index (χ4v) is 1.58. The minimum Gasteiger partial charge on any atom is -0.490 e. The molecule has 0 saturated heterocycles. The first-order valence-corrected chi connectivity index (χ1v) is 5.43. The molecular formula is C14H14N2O. The second-order valence-corrected chi connectivity index (χ2v) is 4.30. The van der Waals surface area contributed by atoms with Crippen molar-refractivity contribution < 1.29 is 4.74 Å². The van der Waals surface area contributed by atoms with Gasteiger partial charge in [0.25, 0.3) is 0 Å². The summed E-state index contributed by atoms with van der Waals surface area (Å²) in [6.07, 6.45) is 0. The second-order valence-electron chi connectivity index (χ2n) is 4.30. The van der Waals surface area contributed by atoms with Crippen LogP contribution in [0.25, 0.3) is 10.8 Å². The lowest BCUT2D eigenvalue weighted by molar-refractivity contribution is 0.267. The van der Waals surface area contributed by atoms with E-state index in [2.05, 4.69) is 0 Å². The van der Waals surface area contributed by atoms with Crippen LogP contribution >= 0.6 is 0 Å². The number of hydrogen-bond acceptors (Lipinski definition) is 3. The molecule has 0 fully saturated rings. The molecule has 3 nitrogen and oxygen atoms in total. The fourth-order valence-electron chi connectivity index (χ4n) is 1.58. The molecule has 3 heteroatoms. The van der Waals surface area contributed by atoms with Crippen molar-refractivity contribution >= 4 is 10.8 Å². The average Bonchev–Trinajstić information content (AvgIpc) is 2.36. The molecule has 0 amide bonds. The van der Waals surface area contributed by atoms with Gasteiger partial charge < -0.3 is 10.5 Å². The molecule has 0 saturated carbocycles. The highest BCUT2D eigenvalue weighted by atomic mass is 16.5. The lowest BCUT2D eigenvalue weighted by Crippen LogP contribution is -2.40. The van der Waals surface area contributed by atoms with Crippen molar-refractivity contribution in [3.63, 3.8) is 0 Å². The fraction of sp³-hybridized carbons (Fsp3) is 0.214. The Bertz CT molecular complexity index is 564. The molecule has 17 heavy (non-hydrogen) atoms. The number of nitriles is 1. The Morgan fingerprint density at radius 2 is 1.94 bits per heavy atom. The van der Waals surface area contributed by atoms with E-state index in [1.807, 2.05) is 48.5 Å². The van der Waals surface area contributed by atoms with E-state index in [1.54, 1.807) is 6.92 Å². The number of rotatable bonds is 3. The largest absolute Gasteiger partial charge is 0.490 e. The van der Waals surface area contributed by atoms with Crippen LogP contribution in [-0.4, -0.2) is 12.1 Å². The third kappa shape index (κ3) is 2.55. The van der Waals surface area contributed by atoms with Crippen LogP contribution in [0.5, 0.6) is 5.75 Å². The number of fused-ring (bicyclic) bond motifs is 1. The predicted molar refractivity (Wildman–Crippen MR) is 67.6 cm³/mol. The standard InChI is InChI=1S/C14H14N2O/c1-14(16,9-15)10-17-13-8-4-6-11-5-2-3-7-12(11)13/h2-8H,10,16H2,1H3. The van der Waals surface area contributed by atoms with Crippen molar-refractivity contribution in [3.05, 3.63) is 42.5 Å². The van der Waals surface area contributed by atoms with E-state index in [-0.39, 0.29) is 6.61 Å². The molecule has 2 rings (SSSR count). The van der Waals surface area contributed by atoms with Gasteiger partial charge in [0.05, 0.1) is 6.07 Å². The molecule has 86 valence electrons. The highest BCUT2D eigenvalue weighted by Gasteiger charge is 2.18. The predicted octanol–water partition coefficient (Wildman–Crippen LogP) is 2.46. The first kappa shape index (κ1) is 11.4. The van der Waals surface area contributed by atoms with Crippen LogP contribution in [0.1, 0.15) is 6.92 Å². The molecule has 2 aromatic rings. The van der Waals surface area contributed by atoms with Crippen LogP contribution in [0.4, 0.5) is 0 Å². The van der Waals surface area contributed by atoms with Gasteiger partial charge >= 0.3 is 0 Å². The maximum atomic E-state index is 8.83. The minimum absolute atomic E-state index is 0.178. The van der Waals surface area contributed by atoms with E-state index in [4.69, 9.17) is 15.7 Å². The molecule has 0 radical (unpaired) electrons. The first-order chi connectivity index (χ1) is 8.12. The SMILES string of the molecule is CC(N)(C#N)COc1cccc2ccccc12. The Kier molecular flexibility index (Phi) is 2.99. The van der Waals surface area contributed by atoms with Gasteiger partial charge in [0.2, 0.25) is 0 Å². The normalized spacial score (nSPS) is 13.9. The molecule has 1 unspecified atom stereocenters. The summed E-state index contributed by atoms with van der Waals surface area (Å²) < 4.78 is 5.63. The molecule has 0 bridgehead atoms. The Hall–Kier alpha value is -2.05. The van der Waals surface area contributed by atoms with Gasteiger partial charge in [-0.05, 0) is 18.4 Å². The summed E-state index contributed by atoms with van der Waals surface area (Å²) in [5.74, 6) is 0.759. The topological polar surface area (TPSA) is 59.0 Å². The zero-order valence-electron chi connectivity index (χ0n) is 9.68. The summed E-state index contributed by atoms with van der Waals surface area (Å²) >= 11 is 0. The zero-order chi connectivity index (χ0) is 12.3. The molecule has 0 aliphatic rings. The number of ether oxygens (including phenoxy) is 1. The van der Waals surface area contributed by atoms with Crippen LogP contribution in [0.15, 0.2) is 42.5 Å². The smallest absolute Gasteiger partial charge is 0.135 e. The van der Waals surface area contributed by atoms with Crippen LogP contribution < -0.4 is 10.5 Å². The van der Waals surface area contributed by atoms with Gasteiger partial charge in [-0.1, -0.05) is 36.4 Å². The quantitative estimate of drug-likeness (QED) is 0.874. The number of nitrogens with two attached hydrogens (primary N) is 1. The zero-order valence-corrected chi connectivity index (χ0v) is 9.68. The summed E-state index contributed by atoms with van der Waals surface area (Å²) in [6, 6.07) is 15.8. The van der Waals surface area contributed by atoms with Crippen molar-refractivity contribution in [3.8, 4) is 11.8 Å². The van der Waals surface area contributed by atoms with Gasteiger partial charge in [0.1, 0.15) is 17.9 Å². The molecule has 0 spiro atoms. The van der Waals surface area contributed by atoms with E-state index in [0.717, 1.165) is 16.5 Å². The molecule has 0 heterocycles. The summed E-state index contributed by atoms with van der Waals surface area (Å²) in [6.45, 7) is 1.83. The van der Waals surface area contributed by atoms with Crippen molar-refractivity contribution in [2.24, 2.45) is 5.73 Å². The van der Waals surface area contributed by atoms with E-state index in [1.165, 1.54) is 0 Å². The number of benzene rings is 2. The lowest BCUT2D eigenvalue weighted by atomic mass is 10.1. The van der Waals surface area contributed by atoms with Gasteiger partial charge in [-0.2, -0.15) is 5.26 Å².